The van der Waals surface area contributed by atoms with Gasteiger partial charge in [-0.25, -0.2) is 0 Å². The van der Waals surface area contributed by atoms with E-state index in [1.54, 1.807) is 14.0 Å². The topological polar surface area (TPSA) is 97.9 Å². The molecule has 3 N–H and O–H groups in total. The van der Waals surface area contributed by atoms with Gasteiger partial charge in [-0.15, -0.1) is 0 Å². The molecule has 0 aliphatic rings. The van der Waals surface area contributed by atoms with Crippen molar-refractivity contribution in [2.45, 2.75) is 104 Å². The number of hydrogen-bond donors (Lipinski definition) is 3. The van der Waals surface area contributed by atoms with Crippen LogP contribution in [-0.2, 0) is 23.8 Å². The smallest absolute Gasteiger partial charge is 0.322 e. The Kier molecular flexibility index (Phi) is 24.5. The van der Waals surface area contributed by atoms with Crippen molar-refractivity contribution in [3.8, 4) is 0 Å². The first-order valence-corrected chi connectivity index (χ1v) is 13.1. The summed E-state index contributed by atoms with van der Waals surface area (Å²) in [6.07, 6.45) is 14.1. The Labute approximate surface area is 202 Å². The van der Waals surface area contributed by atoms with Crippen LogP contribution in [0.1, 0.15) is 97.3 Å². The molecule has 0 rings (SSSR count). The largest absolute Gasteiger partial charge is 0.425 e. The number of carbonyl (C=O) groups excluding carboxylic acids is 2. The predicted molar refractivity (Wildman–Crippen MR) is 133 cm³/mol. The maximum atomic E-state index is 11.9. The first-order valence-electron chi connectivity index (χ1n) is 13.1. The fraction of sp³-hybridized carbons (Fsp3) is 0.920. The van der Waals surface area contributed by atoms with Crippen LogP contribution < -0.4 is 16.0 Å². The molecule has 0 aromatic carbocycles. The van der Waals surface area contributed by atoms with Crippen molar-refractivity contribution in [1.29, 1.82) is 0 Å². The average molecular weight is 474 g/mol. The molecule has 0 radical (unpaired) electrons. The minimum absolute atomic E-state index is 0.107. The summed E-state index contributed by atoms with van der Waals surface area (Å²) in [7, 11) is 1.65. The third-order valence-corrected chi connectivity index (χ3v) is 5.28. The van der Waals surface area contributed by atoms with Crippen LogP contribution in [0.3, 0.4) is 0 Å². The van der Waals surface area contributed by atoms with Crippen molar-refractivity contribution in [1.82, 2.24) is 16.0 Å². The van der Waals surface area contributed by atoms with Crippen molar-refractivity contribution in [2.24, 2.45) is 0 Å². The second-order valence-electron chi connectivity index (χ2n) is 8.55. The van der Waals surface area contributed by atoms with Crippen LogP contribution >= 0.6 is 0 Å². The molecule has 0 spiro atoms. The Hall–Kier alpha value is -1.22. The zero-order valence-electron chi connectivity index (χ0n) is 21.6. The SMILES string of the molecule is CCCCCCCCCCCCCC(=O)O[C@H](C)OC(=O)CNCCCNCCNCOC. The number of carbonyl (C=O) groups is 2. The molecule has 8 nitrogen and oxygen atoms in total. The summed E-state index contributed by atoms with van der Waals surface area (Å²) in [6, 6.07) is 0. The zero-order chi connectivity index (χ0) is 24.4. The Balaban J connectivity index is 3.45. The molecule has 8 heteroatoms. The van der Waals surface area contributed by atoms with Crippen LogP contribution in [0.25, 0.3) is 0 Å². The van der Waals surface area contributed by atoms with Crippen molar-refractivity contribution in [3.63, 3.8) is 0 Å². The van der Waals surface area contributed by atoms with E-state index < -0.39 is 12.3 Å². The molecule has 0 saturated heterocycles. The van der Waals surface area contributed by atoms with Gasteiger partial charge in [0, 0.05) is 33.5 Å². The van der Waals surface area contributed by atoms with Crippen molar-refractivity contribution < 1.29 is 23.8 Å². The monoisotopic (exact) mass is 473 g/mol. The lowest BCUT2D eigenvalue weighted by Gasteiger charge is -2.14. The fourth-order valence-electron chi connectivity index (χ4n) is 3.43. The van der Waals surface area contributed by atoms with Gasteiger partial charge in [0.05, 0.1) is 13.3 Å². The number of methoxy groups -OCH3 is 1. The van der Waals surface area contributed by atoms with Gasteiger partial charge < -0.3 is 24.8 Å². The van der Waals surface area contributed by atoms with Gasteiger partial charge in [-0.05, 0) is 25.9 Å². The lowest BCUT2D eigenvalue weighted by atomic mass is 10.1. The number of nitrogens with one attached hydrogen (secondary N) is 3. The summed E-state index contributed by atoms with van der Waals surface area (Å²) in [5.41, 5.74) is 0. The van der Waals surface area contributed by atoms with Gasteiger partial charge in [0.15, 0.2) is 0 Å². The Morgan fingerprint density at radius 3 is 1.85 bits per heavy atom. The van der Waals surface area contributed by atoms with Crippen LogP contribution in [0.4, 0.5) is 0 Å². The molecule has 0 aromatic rings. The minimum Gasteiger partial charge on any atom is -0.425 e. The highest BCUT2D eigenvalue weighted by atomic mass is 16.7. The lowest BCUT2D eigenvalue weighted by Crippen LogP contribution is -2.32. The van der Waals surface area contributed by atoms with Crippen LogP contribution in [0.5, 0.6) is 0 Å². The molecule has 1 atom stereocenters. The third-order valence-electron chi connectivity index (χ3n) is 5.28. The number of esters is 2. The summed E-state index contributed by atoms with van der Waals surface area (Å²) < 4.78 is 15.2. The molecular formula is C25H51N3O5. The number of ether oxygens (including phenoxy) is 3. The molecule has 196 valence electrons. The van der Waals surface area contributed by atoms with Crippen LogP contribution in [0, 0.1) is 0 Å². The van der Waals surface area contributed by atoms with Crippen LogP contribution in [0.2, 0.25) is 0 Å². The highest BCUT2D eigenvalue weighted by Crippen LogP contribution is 2.12. The predicted octanol–water partition coefficient (Wildman–Crippen LogP) is 3.88. The third kappa shape index (κ3) is 25.2. The Morgan fingerprint density at radius 2 is 1.21 bits per heavy atom. The van der Waals surface area contributed by atoms with Gasteiger partial charge in [-0.2, -0.15) is 0 Å². The first kappa shape index (κ1) is 31.8. The fourth-order valence-corrected chi connectivity index (χ4v) is 3.43. The van der Waals surface area contributed by atoms with Crippen LogP contribution in [0.15, 0.2) is 0 Å². The number of rotatable bonds is 25. The highest BCUT2D eigenvalue weighted by molar-refractivity contribution is 5.72. The van der Waals surface area contributed by atoms with Gasteiger partial charge >= 0.3 is 11.9 Å². The quantitative estimate of drug-likeness (QED) is 0.104. The van der Waals surface area contributed by atoms with Gasteiger partial charge in [0.1, 0.15) is 0 Å². The maximum Gasteiger partial charge on any atom is 0.322 e. The van der Waals surface area contributed by atoms with E-state index in [1.807, 2.05) is 0 Å². The molecular weight excluding hydrogens is 422 g/mol. The van der Waals surface area contributed by atoms with Crippen molar-refractivity contribution >= 4 is 11.9 Å². The van der Waals surface area contributed by atoms with E-state index in [1.165, 1.54) is 57.8 Å². The van der Waals surface area contributed by atoms with Gasteiger partial charge in [-0.1, -0.05) is 71.1 Å². The summed E-state index contributed by atoms with van der Waals surface area (Å²) >= 11 is 0. The van der Waals surface area contributed by atoms with Crippen molar-refractivity contribution in [2.75, 3.05) is 46.6 Å². The summed E-state index contributed by atoms with van der Waals surface area (Å²) in [5, 5.41) is 9.45. The normalized spacial score (nSPS) is 12.0. The van der Waals surface area contributed by atoms with E-state index in [0.29, 0.717) is 19.7 Å². The zero-order valence-corrected chi connectivity index (χ0v) is 21.6. The second-order valence-corrected chi connectivity index (χ2v) is 8.55. The Bertz CT molecular complexity index is 452. The maximum absolute atomic E-state index is 11.9. The standard InChI is InChI=1S/C25H51N3O5/c1-4-5-6-7-8-9-10-11-12-13-14-16-24(29)32-23(2)33-25(30)21-27-18-15-17-26-19-20-28-22-31-3/h23,26-28H,4-22H2,1-3H3/t23-/m0/s1. The van der Waals surface area contributed by atoms with Crippen molar-refractivity contribution in [3.05, 3.63) is 0 Å². The van der Waals surface area contributed by atoms with E-state index in [2.05, 4.69) is 22.9 Å². The first-order chi connectivity index (χ1) is 16.1. The van der Waals surface area contributed by atoms with Crippen LogP contribution in [-0.4, -0.2) is 64.8 Å². The van der Waals surface area contributed by atoms with E-state index in [0.717, 1.165) is 38.9 Å². The number of unbranched alkanes of at least 4 members (excludes halogenated alkanes) is 10. The summed E-state index contributed by atoms with van der Waals surface area (Å²) in [4.78, 5) is 23.7. The van der Waals surface area contributed by atoms with E-state index in [4.69, 9.17) is 14.2 Å². The van der Waals surface area contributed by atoms with E-state index in [9.17, 15) is 9.59 Å². The molecule has 0 unspecified atom stereocenters. The second kappa shape index (κ2) is 25.4. The average Bonchev–Trinajstić information content (AvgIpc) is 2.78. The molecule has 0 aliphatic heterocycles. The lowest BCUT2D eigenvalue weighted by molar-refractivity contribution is -0.183. The van der Waals surface area contributed by atoms with Gasteiger partial charge in [0.2, 0.25) is 6.29 Å². The molecule has 0 aliphatic carbocycles. The molecule has 0 heterocycles. The molecule has 0 saturated carbocycles. The van der Waals surface area contributed by atoms with Gasteiger partial charge in [-0.3, -0.25) is 14.9 Å². The molecule has 0 aromatic heterocycles. The molecule has 0 amide bonds. The van der Waals surface area contributed by atoms with Gasteiger partial charge in [0.25, 0.3) is 0 Å². The van der Waals surface area contributed by atoms with E-state index in [-0.39, 0.29) is 12.5 Å². The summed E-state index contributed by atoms with van der Waals surface area (Å²) in [6.45, 7) is 7.78. The minimum atomic E-state index is -0.847. The molecule has 0 bridgehead atoms. The highest BCUT2D eigenvalue weighted by Gasteiger charge is 2.13. The van der Waals surface area contributed by atoms with E-state index >= 15 is 0 Å². The number of hydrogen-bond acceptors (Lipinski definition) is 8. The Morgan fingerprint density at radius 1 is 0.667 bits per heavy atom. The molecule has 33 heavy (non-hydrogen) atoms. The molecule has 0 fully saturated rings. The summed E-state index contributed by atoms with van der Waals surface area (Å²) in [5.74, 6) is -0.716.